The fourth-order valence-corrected chi connectivity index (χ4v) is 8.65. The second-order valence-electron chi connectivity index (χ2n) is 15.4. The van der Waals surface area contributed by atoms with Gasteiger partial charge < -0.3 is 14.7 Å². The summed E-state index contributed by atoms with van der Waals surface area (Å²) in [5, 5.41) is 4.25. The SMILES string of the molecule is NC(=NC(=NCc1cc(-c2cccc(-c3ccccc3)c2)cnc1-c1cccc2oc3c(ccc4c3c3ccccc3n4-c3ccccc3)c12)c1ccccc1)c1ccccc1. The predicted molar refractivity (Wildman–Crippen MR) is 256 cm³/mol. The standard InChI is InChI=1S/C56H39N5O/c57-55(38-19-7-2-8-20-38)60-56(39-21-9-3-10-22-39)59-36-43-34-42(41-24-15-23-40(33-41)37-17-5-1-6-18-37)35-58-53(43)46-28-16-30-50-51(46)47-31-32-49-52(54(47)62-50)45-27-13-14-29-48(45)61(49)44-25-11-4-12-26-44/h1-35H,36H2,(H2,57,59,60). The molecule has 0 atom stereocenters. The number of nitrogens with zero attached hydrogens (tertiary/aromatic N) is 4. The predicted octanol–water partition coefficient (Wildman–Crippen LogP) is 13.4. The van der Waals surface area contributed by atoms with Crippen molar-refractivity contribution in [3.05, 3.63) is 229 Å². The molecule has 6 nitrogen and oxygen atoms in total. The number of hydrogen-bond acceptors (Lipinski definition) is 3. The Morgan fingerprint density at radius 2 is 1.18 bits per heavy atom. The summed E-state index contributed by atoms with van der Waals surface area (Å²) in [5.74, 6) is 0.936. The highest BCUT2D eigenvalue weighted by Gasteiger charge is 2.22. The lowest BCUT2D eigenvalue weighted by Gasteiger charge is -2.13. The van der Waals surface area contributed by atoms with Crippen molar-refractivity contribution in [1.29, 1.82) is 0 Å². The van der Waals surface area contributed by atoms with Gasteiger partial charge in [-0.2, -0.15) is 0 Å². The van der Waals surface area contributed by atoms with Crippen LogP contribution in [0.5, 0.6) is 0 Å². The quantitative estimate of drug-likeness (QED) is 0.123. The van der Waals surface area contributed by atoms with Crippen LogP contribution >= 0.6 is 0 Å². The molecular formula is C56H39N5O. The number of nitrogens with two attached hydrogens (primary N) is 1. The van der Waals surface area contributed by atoms with E-state index in [0.29, 0.717) is 18.2 Å². The first-order valence-electron chi connectivity index (χ1n) is 20.8. The van der Waals surface area contributed by atoms with Gasteiger partial charge in [-0.3, -0.25) is 9.98 Å². The third kappa shape index (κ3) is 6.60. The Balaban J connectivity index is 1.11. The molecule has 11 rings (SSSR count). The van der Waals surface area contributed by atoms with Gasteiger partial charge in [0, 0.05) is 55.9 Å². The zero-order valence-corrected chi connectivity index (χ0v) is 33.7. The molecule has 0 bridgehead atoms. The number of amidine groups is 2. The fourth-order valence-electron chi connectivity index (χ4n) is 8.65. The first kappa shape index (κ1) is 36.7. The zero-order chi connectivity index (χ0) is 41.4. The van der Waals surface area contributed by atoms with Crippen LogP contribution in [0, 0.1) is 0 Å². The Morgan fingerprint density at radius 1 is 0.532 bits per heavy atom. The van der Waals surface area contributed by atoms with Crippen LogP contribution in [-0.2, 0) is 6.54 Å². The van der Waals surface area contributed by atoms with Gasteiger partial charge in [0.1, 0.15) is 17.0 Å². The highest BCUT2D eigenvalue weighted by molar-refractivity contribution is 6.25. The number of rotatable bonds is 8. The summed E-state index contributed by atoms with van der Waals surface area (Å²) in [6, 6.07) is 70.8. The normalized spacial score (nSPS) is 12.2. The summed E-state index contributed by atoms with van der Waals surface area (Å²) in [5.41, 5.74) is 20.4. The molecule has 294 valence electrons. The van der Waals surface area contributed by atoms with E-state index in [-0.39, 0.29) is 0 Å². The molecule has 2 N–H and O–H groups in total. The minimum absolute atomic E-state index is 0.297. The molecule has 8 aromatic carbocycles. The van der Waals surface area contributed by atoms with Crippen LogP contribution in [0.15, 0.2) is 227 Å². The first-order valence-corrected chi connectivity index (χ1v) is 20.8. The lowest BCUT2D eigenvalue weighted by Crippen LogP contribution is -2.16. The molecule has 0 radical (unpaired) electrons. The maximum Gasteiger partial charge on any atom is 0.157 e. The van der Waals surface area contributed by atoms with Crippen molar-refractivity contribution < 1.29 is 4.42 Å². The van der Waals surface area contributed by atoms with Crippen LogP contribution in [0.1, 0.15) is 16.7 Å². The molecule has 0 saturated heterocycles. The second-order valence-corrected chi connectivity index (χ2v) is 15.4. The van der Waals surface area contributed by atoms with Gasteiger partial charge in [0.05, 0.1) is 28.7 Å². The minimum atomic E-state index is 0.297. The average molecular weight is 798 g/mol. The van der Waals surface area contributed by atoms with Crippen LogP contribution in [0.4, 0.5) is 0 Å². The van der Waals surface area contributed by atoms with Crippen molar-refractivity contribution in [3.63, 3.8) is 0 Å². The van der Waals surface area contributed by atoms with Crippen molar-refractivity contribution >= 4 is 55.4 Å². The van der Waals surface area contributed by atoms with Gasteiger partial charge in [0.25, 0.3) is 0 Å². The van der Waals surface area contributed by atoms with E-state index in [1.807, 2.05) is 79.0 Å². The van der Waals surface area contributed by atoms with Crippen molar-refractivity contribution in [1.82, 2.24) is 9.55 Å². The lowest BCUT2D eigenvalue weighted by atomic mass is 9.95. The summed E-state index contributed by atoms with van der Waals surface area (Å²) in [7, 11) is 0. The van der Waals surface area contributed by atoms with E-state index < -0.39 is 0 Å². The molecule has 0 amide bonds. The number of para-hydroxylation sites is 2. The van der Waals surface area contributed by atoms with Crippen LogP contribution in [0.3, 0.4) is 0 Å². The maximum absolute atomic E-state index is 6.91. The summed E-state index contributed by atoms with van der Waals surface area (Å²) >= 11 is 0. The van der Waals surface area contributed by atoms with Gasteiger partial charge in [-0.25, -0.2) is 4.99 Å². The van der Waals surface area contributed by atoms with Crippen molar-refractivity contribution in [3.8, 4) is 39.2 Å². The summed E-state index contributed by atoms with van der Waals surface area (Å²) in [4.78, 5) is 15.5. The van der Waals surface area contributed by atoms with Gasteiger partial charge in [-0.05, 0) is 65.2 Å². The summed E-state index contributed by atoms with van der Waals surface area (Å²) < 4.78 is 9.23. The number of aliphatic imine (C=N–C) groups is 2. The number of aromatic nitrogens is 2. The Labute approximate surface area is 358 Å². The lowest BCUT2D eigenvalue weighted by molar-refractivity contribution is 0.673. The number of pyridine rings is 1. The number of hydrogen-bond donors (Lipinski definition) is 1. The molecule has 0 unspecified atom stereocenters. The average Bonchev–Trinajstić information content (AvgIpc) is 3.90. The van der Waals surface area contributed by atoms with Gasteiger partial charge in [0.2, 0.25) is 0 Å². The Kier molecular flexibility index (Phi) is 9.28. The molecule has 0 aliphatic rings. The molecule has 6 heteroatoms. The first-order chi connectivity index (χ1) is 30.7. The second kappa shape index (κ2) is 15.7. The van der Waals surface area contributed by atoms with Crippen LogP contribution in [0.2, 0.25) is 0 Å². The maximum atomic E-state index is 6.91. The van der Waals surface area contributed by atoms with E-state index in [0.717, 1.165) is 99.6 Å². The molecule has 0 spiro atoms. The van der Waals surface area contributed by atoms with Gasteiger partial charge in [-0.15, -0.1) is 0 Å². The molecule has 3 aromatic heterocycles. The zero-order valence-electron chi connectivity index (χ0n) is 33.7. The van der Waals surface area contributed by atoms with E-state index in [1.54, 1.807) is 0 Å². The van der Waals surface area contributed by atoms with Crippen LogP contribution in [-0.4, -0.2) is 21.2 Å². The third-order valence-electron chi connectivity index (χ3n) is 11.6. The Morgan fingerprint density at radius 3 is 1.95 bits per heavy atom. The van der Waals surface area contributed by atoms with E-state index in [4.69, 9.17) is 25.1 Å². The van der Waals surface area contributed by atoms with Crippen molar-refractivity contribution in [2.75, 3.05) is 0 Å². The Bertz CT molecular complexity index is 3480. The van der Waals surface area contributed by atoms with Gasteiger partial charge in [0.15, 0.2) is 5.84 Å². The molecule has 0 aliphatic carbocycles. The van der Waals surface area contributed by atoms with Gasteiger partial charge >= 0.3 is 0 Å². The van der Waals surface area contributed by atoms with E-state index in [9.17, 15) is 0 Å². The highest BCUT2D eigenvalue weighted by atomic mass is 16.3. The molecule has 0 saturated carbocycles. The smallest absolute Gasteiger partial charge is 0.157 e. The molecule has 62 heavy (non-hydrogen) atoms. The number of benzene rings is 8. The van der Waals surface area contributed by atoms with E-state index in [1.165, 1.54) is 0 Å². The van der Waals surface area contributed by atoms with Crippen molar-refractivity contribution in [2.24, 2.45) is 15.7 Å². The number of fused-ring (bicyclic) bond motifs is 7. The van der Waals surface area contributed by atoms with Crippen LogP contribution < -0.4 is 5.73 Å². The molecular weight excluding hydrogens is 759 g/mol. The molecule has 0 aliphatic heterocycles. The Hall–Kier alpha value is -8.35. The molecule has 11 aromatic rings. The monoisotopic (exact) mass is 797 g/mol. The molecule has 0 fully saturated rings. The van der Waals surface area contributed by atoms with Gasteiger partial charge in [-0.1, -0.05) is 158 Å². The summed E-state index contributed by atoms with van der Waals surface area (Å²) in [6.07, 6.45) is 1.98. The topological polar surface area (TPSA) is 81.7 Å². The van der Waals surface area contributed by atoms with Crippen LogP contribution in [0.25, 0.3) is 82.9 Å². The third-order valence-corrected chi connectivity index (χ3v) is 11.6. The number of furan rings is 1. The van der Waals surface area contributed by atoms with E-state index >= 15 is 0 Å². The largest absolute Gasteiger partial charge is 0.455 e. The minimum Gasteiger partial charge on any atom is -0.455 e. The summed E-state index contributed by atoms with van der Waals surface area (Å²) in [6.45, 7) is 0.297. The fraction of sp³-hybridized carbons (Fsp3) is 0.0179. The van der Waals surface area contributed by atoms with Crippen molar-refractivity contribution in [2.45, 2.75) is 6.54 Å². The highest BCUT2D eigenvalue weighted by Crippen LogP contribution is 2.44. The van der Waals surface area contributed by atoms with E-state index in [2.05, 4.69) is 138 Å². The molecule has 3 heterocycles.